The minimum absolute atomic E-state index is 0.937. The number of hydrogen-bond donors (Lipinski definition) is 0. The Morgan fingerprint density at radius 1 is 0.203 bits per heavy atom. The summed E-state index contributed by atoms with van der Waals surface area (Å²) in [6, 6.07) is 91.9. The number of rotatable bonds is 11. The van der Waals surface area contributed by atoms with Crippen LogP contribution in [0.4, 0.5) is 0 Å². The summed E-state index contributed by atoms with van der Waals surface area (Å²) < 4.78 is 0. The Kier molecular flexibility index (Phi) is 12.5. The van der Waals surface area contributed by atoms with Crippen molar-refractivity contribution in [2.45, 2.75) is 13.8 Å². The third kappa shape index (κ3) is 9.51. The lowest BCUT2D eigenvalue weighted by molar-refractivity contribution is 1.27. The van der Waals surface area contributed by atoms with E-state index in [0.717, 1.165) is 106 Å². The Hall–Kier alpha value is -9.57. The van der Waals surface area contributed by atoms with Crippen molar-refractivity contribution in [2.75, 3.05) is 0 Å². The molecule has 3 aromatic heterocycles. The van der Waals surface area contributed by atoms with Crippen LogP contribution in [0, 0.1) is 13.8 Å². The molecule has 3 heterocycles. The van der Waals surface area contributed by atoms with Crippen LogP contribution in [0.3, 0.4) is 0 Å². The molecule has 0 N–H and O–H groups in total. The minimum Gasteiger partial charge on any atom is -0.256 e. The number of benzene rings is 9. The van der Waals surface area contributed by atoms with Gasteiger partial charge >= 0.3 is 0 Å². The summed E-state index contributed by atoms with van der Waals surface area (Å²) in [6.45, 7) is 4.18. The summed E-state index contributed by atoms with van der Waals surface area (Å²) in [6.07, 6.45) is 5.72. The molecule has 12 rings (SSSR count). The first-order chi connectivity index (χ1) is 36.5. The van der Waals surface area contributed by atoms with Crippen molar-refractivity contribution < 1.29 is 0 Å². The van der Waals surface area contributed by atoms with E-state index in [4.69, 9.17) is 9.97 Å². The first-order valence-corrected chi connectivity index (χ1v) is 25.2. The van der Waals surface area contributed by atoms with Gasteiger partial charge in [0.1, 0.15) is 0 Å². The molecule has 3 nitrogen and oxygen atoms in total. The highest BCUT2D eigenvalue weighted by molar-refractivity contribution is 5.94. The fraction of sp³-hybridized carbons (Fsp3) is 0.0282. The van der Waals surface area contributed by atoms with Crippen molar-refractivity contribution >= 4 is 0 Å². The largest absolute Gasteiger partial charge is 0.256 e. The summed E-state index contributed by atoms with van der Waals surface area (Å²) >= 11 is 0. The van der Waals surface area contributed by atoms with Crippen molar-refractivity contribution in [3.63, 3.8) is 0 Å². The first-order valence-electron chi connectivity index (χ1n) is 25.2. The summed E-state index contributed by atoms with van der Waals surface area (Å²) in [5.74, 6) is 0. The summed E-state index contributed by atoms with van der Waals surface area (Å²) in [4.78, 5) is 14.2. The average Bonchev–Trinajstić information content (AvgIpc) is 3.48. The van der Waals surface area contributed by atoms with Crippen molar-refractivity contribution in [1.82, 2.24) is 15.0 Å². The van der Waals surface area contributed by atoms with Gasteiger partial charge in [0.25, 0.3) is 0 Å². The molecule has 350 valence electrons. The summed E-state index contributed by atoms with van der Waals surface area (Å²) in [7, 11) is 0. The number of pyridine rings is 3. The Morgan fingerprint density at radius 2 is 0.554 bits per heavy atom. The third-order valence-corrected chi connectivity index (χ3v) is 14.0. The van der Waals surface area contributed by atoms with E-state index in [-0.39, 0.29) is 0 Å². The van der Waals surface area contributed by atoms with Gasteiger partial charge in [0.2, 0.25) is 0 Å². The van der Waals surface area contributed by atoms with Gasteiger partial charge in [-0.15, -0.1) is 0 Å². The topological polar surface area (TPSA) is 38.7 Å². The molecule has 0 aliphatic carbocycles. The predicted octanol–water partition coefficient (Wildman–Crippen LogP) is 18.8. The molecule has 0 saturated heterocycles. The molecular weight excluding hydrogens is 895 g/mol. The molecule has 0 aliphatic rings. The normalized spacial score (nSPS) is 11.1. The lowest BCUT2D eigenvalue weighted by Gasteiger charge is -2.18. The summed E-state index contributed by atoms with van der Waals surface area (Å²) in [5, 5.41) is 0. The van der Waals surface area contributed by atoms with Crippen molar-refractivity contribution in [3.05, 3.63) is 285 Å². The van der Waals surface area contributed by atoms with Crippen LogP contribution in [0.25, 0.3) is 123 Å². The monoisotopic (exact) mass is 945 g/mol. The molecule has 74 heavy (non-hydrogen) atoms. The molecule has 0 aliphatic heterocycles. The van der Waals surface area contributed by atoms with E-state index in [0.29, 0.717) is 0 Å². The maximum absolute atomic E-state index is 4.84. The lowest BCUT2D eigenvalue weighted by Crippen LogP contribution is -1.92. The van der Waals surface area contributed by atoms with Gasteiger partial charge in [0, 0.05) is 35.3 Å². The van der Waals surface area contributed by atoms with Gasteiger partial charge in [0.15, 0.2) is 0 Å². The van der Waals surface area contributed by atoms with Crippen LogP contribution in [-0.2, 0) is 0 Å². The Bertz CT molecular complexity index is 3910. The molecule has 9 aromatic carbocycles. The quantitative estimate of drug-likeness (QED) is 0.130. The van der Waals surface area contributed by atoms with Crippen LogP contribution < -0.4 is 0 Å². The molecule has 0 atom stereocenters. The van der Waals surface area contributed by atoms with E-state index in [2.05, 4.69) is 268 Å². The number of aryl methyl sites for hydroxylation is 2. The van der Waals surface area contributed by atoms with Gasteiger partial charge < -0.3 is 0 Å². The van der Waals surface area contributed by atoms with Crippen LogP contribution in [0.15, 0.2) is 273 Å². The Balaban J connectivity index is 0.933. The van der Waals surface area contributed by atoms with Gasteiger partial charge in [-0.25, -0.2) is 0 Å². The van der Waals surface area contributed by atoms with Crippen LogP contribution in [0.2, 0.25) is 0 Å². The Morgan fingerprint density at radius 3 is 0.986 bits per heavy atom. The summed E-state index contributed by atoms with van der Waals surface area (Å²) in [5.41, 5.74) is 27.0. The van der Waals surface area contributed by atoms with Crippen LogP contribution >= 0.6 is 0 Å². The lowest BCUT2D eigenvalue weighted by atomic mass is 9.86. The molecule has 0 unspecified atom stereocenters. The van der Waals surface area contributed by atoms with Crippen LogP contribution in [0.1, 0.15) is 11.1 Å². The Labute approximate surface area is 433 Å². The molecule has 0 amide bonds. The highest BCUT2D eigenvalue weighted by Crippen LogP contribution is 2.43. The van der Waals surface area contributed by atoms with Crippen molar-refractivity contribution in [2.24, 2.45) is 0 Å². The SMILES string of the molecule is Cc1ccc(-c2ccc(-c3ccccc3-c3cc(-c4ccccc4-c4ccc(-c5cc(C)ccn5)cc4)cc(-c4ccccc4-c4ccc(-c5cc(-c6ccc(-c7ccccc7)cc6)ccn5)cc4)c3)cc2)nc1. The van der Waals surface area contributed by atoms with Gasteiger partial charge in [0.05, 0.1) is 17.1 Å². The van der Waals surface area contributed by atoms with Crippen LogP contribution in [-0.4, -0.2) is 15.0 Å². The van der Waals surface area contributed by atoms with Gasteiger partial charge in [-0.3, -0.25) is 15.0 Å². The minimum atomic E-state index is 0.937. The average molecular weight is 946 g/mol. The van der Waals surface area contributed by atoms with E-state index in [1.165, 1.54) is 27.8 Å². The molecule has 0 spiro atoms. The van der Waals surface area contributed by atoms with E-state index in [9.17, 15) is 0 Å². The molecular formula is C71H51N3. The van der Waals surface area contributed by atoms with Gasteiger partial charge in [-0.05, 0) is 163 Å². The second-order valence-corrected chi connectivity index (χ2v) is 19.0. The molecule has 0 saturated carbocycles. The van der Waals surface area contributed by atoms with Gasteiger partial charge in [-0.2, -0.15) is 0 Å². The molecule has 3 heteroatoms. The van der Waals surface area contributed by atoms with Crippen molar-refractivity contribution in [3.8, 4) is 123 Å². The standard InChI is InChI=1S/C71H51N3/c1-48-38-40-72-70(42-48)57-33-27-54(28-34-57)64-15-7-10-18-67(64)61-43-60(66-17-9-6-14-63(66)53-25-31-56(32-26-53)69-37-20-49(2)47-74-69)44-62(45-61)68-19-11-8-16-65(68)55-29-35-58(36-30-55)71-46-59(39-41-73-71)52-23-21-51(22-24-52)50-12-4-3-5-13-50/h3-47H,1-2H3. The fourth-order valence-electron chi connectivity index (χ4n) is 10.1. The molecule has 0 fully saturated rings. The van der Waals surface area contributed by atoms with E-state index >= 15 is 0 Å². The zero-order valence-corrected chi connectivity index (χ0v) is 41.3. The second-order valence-electron chi connectivity index (χ2n) is 19.0. The first kappa shape index (κ1) is 45.6. The molecule has 0 radical (unpaired) electrons. The van der Waals surface area contributed by atoms with Crippen LogP contribution in [0.5, 0.6) is 0 Å². The van der Waals surface area contributed by atoms with Gasteiger partial charge in [-0.1, -0.05) is 206 Å². The highest BCUT2D eigenvalue weighted by atomic mass is 14.7. The fourth-order valence-corrected chi connectivity index (χ4v) is 10.1. The van der Waals surface area contributed by atoms with E-state index in [1.807, 2.05) is 24.7 Å². The zero-order valence-electron chi connectivity index (χ0n) is 41.3. The maximum atomic E-state index is 4.84. The third-order valence-electron chi connectivity index (χ3n) is 14.0. The molecule has 12 aromatic rings. The number of nitrogens with zero attached hydrogens (tertiary/aromatic N) is 3. The zero-order chi connectivity index (χ0) is 49.8. The molecule has 0 bridgehead atoms. The second kappa shape index (κ2) is 20.3. The highest BCUT2D eigenvalue weighted by Gasteiger charge is 2.17. The number of hydrogen-bond acceptors (Lipinski definition) is 3. The smallest absolute Gasteiger partial charge is 0.0708 e. The predicted molar refractivity (Wildman–Crippen MR) is 309 cm³/mol. The van der Waals surface area contributed by atoms with E-state index in [1.54, 1.807) is 0 Å². The maximum Gasteiger partial charge on any atom is 0.0708 e. The van der Waals surface area contributed by atoms with E-state index < -0.39 is 0 Å². The van der Waals surface area contributed by atoms with Crippen molar-refractivity contribution in [1.29, 1.82) is 0 Å². The number of aromatic nitrogens is 3.